The fraction of sp³-hybridized carbons (Fsp3) is 0.321. The minimum absolute atomic E-state index is 0.0688. The number of carboxylic acid groups (broad SMARTS) is 1. The lowest BCUT2D eigenvalue weighted by molar-refractivity contribution is -0.136. The quantitative estimate of drug-likeness (QED) is 0.438. The van der Waals surface area contributed by atoms with E-state index in [4.69, 9.17) is 14.2 Å². The third kappa shape index (κ3) is 6.55. The van der Waals surface area contributed by atoms with Gasteiger partial charge in [0.2, 0.25) is 0 Å². The Labute approximate surface area is 214 Å². The van der Waals surface area contributed by atoms with E-state index in [1.165, 1.54) is 6.20 Å². The van der Waals surface area contributed by atoms with Crippen molar-refractivity contribution in [3.05, 3.63) is 76.9 Å². The van der Waals surface area contributed by atoms with E-state index in [-0.39, 0.29) is 25.3 Å². The zero-order valence-corrected chi connectivity index (χ0v) is 21.0. The minimum atomic E-state index is -0.946. The Balaban J connectivity index is 1.58. The SMILES string of the molecule is CC(C)(C)OC(=O)NCc1nccc(-c2cc(COc3ccccc3CC(=O)O)cc3c2OCC3)c1F. The van der Waals surface area contributed by atoms with E-state index < -0.39 is 23.5 Å². The number of carbonyl (C=O) groups excluding carboxylic acids is 1. The lowest BCUT2D eigenvalue weighted by Crippen LogP contribution is -2.32. The van der Waals surface area contributed by atoms with Gasteiger partial charge in [-0.05, 0) is 56.2 Å². The van der Waals surface area contributed by atoms with Crippen LogP contribution in [0.3, 0.4) is 0 Å². The number of ether oxygens (including phenoxy) is 3. The molecule has 9 heteroatoms. The van der Waals surface area contributed by atoms with Crippen LogP contribution in [0.4, 0.5) is 9.18 Å². The first-order valence-electron chi connectivity index (χ1n) is 11.9. The second kappa shape index (κ2) is 10.9. The molecule has 2 aromatic carbocycles. The summed E-state index contributed by atoms with van der Waals surface area (Å²) in [6.07, 6.45) is 1.34. The Kier molecular flexibility index (Phi) is 7.61. The predicted octanol–water partition coefficient (Wildman–Crippen LogP) is 5.05. The largest absolute Gasteiger partial charge is 0.492 e. The Morgan fingerprint density at radius 3 is 2.70 bits per heavy atom. The molecule has 0 saturated heterocycles. The average molecular weight is 509 g/mol. The lowest BCUT2D eigenvalue weighted by atomic mass is 9.97. The van der Waals surface area contributed by atoms with Crippen molar-refractivity contribution < 1.29 is 33.3 Å². The van der Waals surface area contributed by atoms with Crippen LogP contribution in [-0.4, -0.2) is 34.4 Å². The van der Waals surface area contributed by atoms with Crippen LogP contribution in [-0.2, 0) is 35.5 Å². The highest BCUT2D eigenvalue weighted by Gasteiger charge is 2.23. The maximum atomic E-state index is 15.6. The molecule has 1 aliphatic rings. The molecule has 0 radical (unpaired) electrons. The van der Waals surface area contributed by atoms with Gasteiger partial charge in [-0.3, -0.25) is 9.78 Å². The number of carboxylic acids is 1. The average Bonchev–Trinajstić information content (AvgIpc) is 3.30. The Hall–Kier alpha value is -4.14. The molecule has 0 saturated carbocycles. The molecule has 8 nitrogen and oxygen atoms in total. The number of para-hydroxylation sites is 1. The van der Waals surface area contributed by atoms with Gasteiger partial charge in [-0.2, -0.15) is 0 Å². The lowest BCUT2D eigenvalue weighted by Gasteiger charge is -2.19. The van der Waals surface area contributed by atoms with E-state index in [1.54, 1.807) is 57.2 Å². The van der Waals surface area contributed by atoms with Crippen molar-refractivity contribution in [2.75, 3.05) is 6.61 Å². The topological polar surface area (TPSA) is 107 Å². The summed E-state index contributed by atoms with van der Waals surface area (Å²) in [4.78, 5) is 27.3. The number of aromatic nitrogens is 1. The van der Waals surface area contributed by atoms with Crippen LogP contribution in [0.25, 0.3) is 11.1 Å². The summed E-state index contributed by atoms with van der Waals surface area (Å²) < 4.78 is 32.6. The number of amides is 1. The van der Waals surface area contributed by atoms with E-state index in [0.29, 0.717) is 41.2 Å². The van der Waals surface area contributed by atoms with E-state index in [2.05, 4.69) is 10.3 Å². The van der Waals surface area contributed by atoms with Crippen LogP contribution in [0.2, 0.25) is 0 Å². The summed E-state index contributed by atoms with van der Waals surface area (Å²) >= 11 is 0. The Morgan fingerprint density at radius 2 is 1.95 bits per heavy atom. The summed E-state index contributed by atoms with van der Waals surface area (Å²) in [6, 6.07) is 12.3. The number of aliphatic carboxylic acids is 1. The molecule has 1 amide bonds. The molecule has 0 atom stereocenters. The zero-order chi connectivity index (χ0) is 26.6. The predicted molar refractivity (Wildman–Crippen MR) is 134 cm³/mol. The van der Waals surface area contributed by atoms with Gasteiger partial charge in [-0.1, -0.05) is 18.2 Å². The normalized spacial score (nSPS) is 12.4. The Bertz CT molecular complexity index is 1320. The third-order valence-electron chi connectivity index (χ3n) is 5.60. The van der Waals surface area contributed by atoms with Gasteiger partial charge in [-0.15, -0.1) is 0 Å². The number of fused-ring (bicyclic) bond motifs is 1. The van der Waals surface area contributed by atoms with Crippen LogP contribution >= 0.6 is 0 Å². The molecule has 0 spiro atoms. The molecule has 1 aromatic heterocycles. The second-order valence-electron chi connectivity index (χ2n) is 9.67. The number of hydrogen-bond donors (Lipinski definition) is 2. The number of nitrogens with one attached hydrogen (secondary N) is 1. The van der Waals surface area contributed by atoms with Crippen LogP contribution in [0.1, 0.15) is 43.2 Å². The number of benzene rings is 2. The smallest absolute Gasteiger partial charge is 0.407 e. The number of carbonyl (C=O) groups is 2. The van der Waals surface area contributed by atoms with Crippen molar-refractivity contribution in [2.24, 2.45) is 0 Å². The molecule has 0 bridgehead atoms. The van der Waals surface area contributed by atoms with Gasteiger partial charge < -0.3 is 24.6 Å². The highest BCUT2D eigenvalue weighted by Crippen LogP contribution is 2.39. The molecule has 3 aromatic rings. The molecule has 1 aliphatic heterocycles. The summed E-state index contributed by atoms with van der Waals surface area (Å²) in [5.74, 6) is -0.431. The number of alkyl carbamates (subject to hydrolysis) is 1. The van der Waals surface area contributed by atoms with E-state index in [0.717, 1.165) is 11.1 Å². The summed E-state index contributed by atoms with van der Waals surface area (Å²) in [5, 5.41) is 11.7. The van der Waals surface area contributed by atoms with Crippen molar-refractivity contribution >= 4 is 12.1 Å². The molecular formula is C28H29FN2O6. The van der Waals surface area contributed by atoms with Crippen molar-refractivity contribution in [1.82, 2.24) is 10.3 Å². The van der Waals surface area contributed by atoms with E-state index in [1.807, 2.05) is 6.07 Å². The summed E-state index contributed by atoms with van der Waals surface area (Å²) in [7, 11) is 0. The molecule has 194 valence electrons. The number of nitrogens with zero attached hydrogens (tertiary/aromatic N) is 1. The fourth-order valence-corrected chi connectivity index (χ4v) is 4.06. The highest BCUT2D eigenvalue weighted by atomic mass is 19.1. The van der Waals surface area contributed by atoms with Gasteiger partial charge in [-0.25, -0.2) is 9.18 Å². The van der Waals surface area contributed by atoms with Gasteiger partial charge in [0.25, 0.3) is 0 Å². The second-order valence-corrected chi connectivity index (χ2v) is 9.67. The Morgan fingerprint density at radius 1 is 1.16 bits per heavy atom. The summed E-state index contributed by atoms with van der Waals surface area (Å²) in [5.41, 5.74) is 2.54. The first-order chi connectivity index (χ1) is 17.6. The van der Waals surface area contributed by atoms with Gasteiger partial charge >= 0.3 is 12.1 Å². The first-order valence-corrected chi connectivity index (χ1v) is 11.9. The van der Waals surface area contributed by atoms with Crippen molar-refractivity contribution in [2.45, 2.75) is 52.4 Å². The monoisotopic (exact) mass is 508 g/mol. The molecule has 37 heavy (non-hydrogen) atoms. The van der Waals surface area contributed by atoms with Crippen LogP contribution < -0.4 is 14.8 Å². The van der Waals surface area contributed by atoms with Crippen LogP contribution in [0.15, 0.2) is 48.7 Å². The standard InChI is InChI=1S/C28H29FN2O6/c1-28(2,3)37-27(34)31-15-22-25(29)20(8-10-30-22)21-13-17(12-19-9-11-35-26(19)21)16-36-23-7-5-4-6-18(23)14-24(32)33/h4-8,10,12-13H,9,11,14-16H2,1-3H3,(H,31,34)(H,32,33). The van der Waals surface area contributed by atoms with E-state index in [9.17, 15) is 14.7 Å². The van der Waals surface area contributed by atoms with Crippen LogP contribution in [0, 0.1) is 5.82 Å². The fourth-order valence-electron chi connectivity index (χ4n) is 4.06. The number of hydrogen-bond acceptors (Lipinski definition) is 6. The maximum Gasteiger partial charge on any atom is 0.407 e. The van der Waals surface area contributed by atoms with Gasteiger partial charge in [0, 0.05) is 29.3 Å². The first kappa shape index (κ1) is 25.9. The minimum Gasteiger partial charge on any atom is -0.492 e. The maximum absolute atomic E-state index is 15.6. The molecule has 0 fully saturated rings. The highest BCUT2D eigenvalue weighted by molar-refractivity contribution is 5.75. The molecule has 4 rings (SSSR count). The van der Waals surface area contributed by atoms with Gasteiger partial charge in [0.05, 0.1) is 25.3 Å². The summed E-state index contributed by atoms with van der Waals surface area (Å²) in [6.45, 7) is 5.74. The molecule has 2 heterocycles. The molecule has 2 N–H and O–H groups in total. The van der Waals surface area contributed by atoms with Gasteiger partial charge in [0.15, 0.2) is 5.82 Å². The van der Waals surface area contributed by atoms with E-state index >= 15 is 4.39 Å². The van der Waals surface area contributed by atoms with Crippen molar-refractivity contribution in [3.8, 4) is 22.6 Å². The third-order valence-corrected chi connectivity index (χ3v) is 5.60. The molecule has 0 unspecified atom stereocenters. The van der Waals surface area contributed by atoms with Gasteiger partial charge in [0.1, 0.15) is 23.7 Å². The molecular weight excluding hydrogens is 479 g/mol. The van der Waals surface area contributed by atoms with Crippen molar-refractivity contribution in [1.29, 1.82) is 0 Å². The number of pyridine rings is 1. The molecule has 0 aliphatic carbocycles. The number of rotatable bonds is 8. The van der Waals surface area contributed by atoms with Crippen molar-refractivity contribution in [3.63, 3.8) is 0 Å². The number of halogens is 1. The van der Waals surface area contributed by atoms with Crippen LogP contribution in [0.5, 0.6) is 11.5 Å². The zero-order valence-electron chi connectivity index (χ0n) is 21.0.